The Bertz CT molecular complexity index is 163. The van der Waals surface area contributed by atoms with Gasteiger partial charge >= 0.3 is 0 Å². The molecule has 1 saturated heterocycles. The van der Waals surface area contributed by atoms with Gasteiger partial charge in [-0.1, -0.05) is 6.92 Å². The lowest BCUT2D eigenvalue weighted by molar-refractivity contribution is -0.130. The second kappa shape index (κ2) is 4.72. The van der Waals surface area contributed by atoms with E-state index in [1.807, 2.05) is 4.90 Å². The van der Waals surface area contributed by atoms with Crippen molar-refractivity contribution in [3.05, 3.63) is 0 Å². The van der Waals surface area contributed by atoms with Crippen LogP contribution in [0.2, 0.25) is 0 Å². The lowest BCUT2D eigenvalue weighted by Gasteiger charge is -2.34. The Kier molecular flexibility index (Phi) is 3.88. The lowest BCUT2D eigenvalue weighted by atomic mass is 10.2. The summed E-state index contributed by atoms with van der Waals surface area (Å²) in [4.78, 5) is 13.3. The van der Waals surface area contributed by atoms with E-state index in [9.17, 15) is 4.79 Å². The maximum absolute atomic E-state index is 11.4. The smallest absolute Gasteiger partial charge is 0.232 e. The standard InChI is InChI=1S/C8H16N2OS/c1-2-3-10-7(4-9)5-12-6-8(10)11/h7H,2-6,9H2,1H3. The number of hydrogen-bond acceptors (Lipinski definition) is 3. The van der Waals surface area contributed by atoms with Gasteiger partial charge in [-0.3, -0.25) is 4.79 Å². The fourth-order valence-corrected chi connectivity index (χ4v) is 2.45. The topological polar surface area (TPSA) is 46.3 Å². The number of thioether (sulfide) groups is 1. The summed E-state index contributed by atoms with van der Waals surface area (Å²) in [6.45, 7) is 3.54. The quantitative estimate of drug-likeness (QED) is 0.693. The van der Waals surface area contributed by atoms with E-state index in [0.717, 1.165) is 18.7 Å². The molecule has 12 heavy (non-hydrogen) atoms. The third-order valence-corrected chi connectivity index (χ3v) is 3.11. The van der Waals surface area contributed by atoms with Gasteiger partial charge in [0.05, 0.1) is 11.8 Å². The van der Waals surface area contributed by atoms with E-state index in [2.05, 4.69) is 6.92 Å². The van der Waals surface area contributed by atoms with E-state index in [1.54, 1.807) is 11.8 Å². The Morgan fingerprint density at radius 1 is 1.75 bits per heavy atom. The number of carbonyl (C=O) groups is 1. The maximum atomic E-state index is 11.4. The van der Waals surface area contributed by atoms with E-state index in [4.69, 9.17) is 5.73 Å². The van der Waals surface area contributed by atoms with Crippen LogP contribution in [0, 0.1) is 0 Å². The van der Waals surface area contributed by atoms with Crippen molar-refractivity contribution in [1.29, 1.82) is 0 Å². The molecule has 2 N–H and O–H groups in total. The zero-order valence-corrected chi connectivity index (χ0v) is 8.27. The SMILES string of the molecule is CCCN1C(=O)CSCC1CN. The van der Waals surface area contributed by atoms with E-state index in [-0.39, 0.29) is 11.9 Å². The Labute approximate surface area is 77.7 Å². The second-order valence-electron chi connectivity index (χ2n) is 2.99. The third kappa shape index (κ3) is 2.14. The first-order valence-electron chi connectivity index (χ1n) is 4.36. The van der Waals surface area contributed by atoms with Crippen LogP contribution >= 0.6 is 11.8 Å². The van der Waals surface area contributed by atoms with Crippen molar-refractivity contribution in [1.82, 2.24) is 4.90 Å². The van der Waals surface area contributed by atoms with Crippen LogP contribution in [0.4, 0.5) is 0 Å². The van der Waals surface area contributed by atoms with Gasteiger partial charge in [0.2, 0.25) is 5.91 Å². The summed E-state index contributed by atoms with van der Waals surface area (Å²) in [6, 6.07) is 0.274. The van der Waals surface area contributed by atoms with Gasteiger partial charge < -0.3 is 10.6 Å². The number of carbonyl (C=O) groups excluding carboxylic acids is 1. The minimum Gasteiger partial charge on any atom is -0.337 e. The molecule has 3 nitrogen and oxygen atoms in total. The molecule has 1 amide bonds. The van der Waals surface area contributed by atoms with E-state index in [1.165, 1.54) is 0 Å². The minimum atomic E-state index is 0.253. The molecule has 70 valence electrons. The van der Waals surface area contributed by atoms with Gasteiger partial charge in [-0.25, -0.2) is 0 Å². The normalized spacial score (nSPS) is 24.7. The fraction of sp³-hybridized carbons (Fsp3) is 0.875. The van der Waals surface area contributed by atoms with Crippen LogP contribution in [-0.4, -0.2) is 41.4 Å². The molecule has 4 heteroatoms. The van der Waals surface area contributed by atoms with Gasteiger partial charge in [-0.2, -0.15) is 0 Å². The first kappa shape index (κ1) is 9.86. The number of amides is 1. The lowest BCUT2D eigenvalue weighted by Crippen LogP contribution is -2.50. The van der Waals surface area contributed by atoms with Crippen molar-refractivity contribution in [2.45, 2.75) is 19.4 Å². The van der Waals surface area contributed by atoms with Crippen molar-refractivity contribution in [3.63, 3.8) is 0 Å². The summed E-state index contributed by atoms with van der Waals surface area (Å²) in [5.41, 5.74) is 5.58. The van der Waals surface area contributed by atoms with Crippen LogP contribution in [0.3, 0.4) is 0 Å². The van der Waals surface area contributed by atoms with Crippen LogP contribution in [0.1, 0.15) is 13.3 Å². The zero-order chi connectivity index (χ0) is 8.97. The van der Waals surface area contributed by atoms with E-state index in [0.29, 0.717) is 12.3 Å². The minimum absolute atomic E-state index is 0.253. The molecule has 0 radical (unpaired) electrons. The molecule has 1 rings (SSSR count). The van der Waals surface area contributed by atoms with Crippen LogP contribution in [0.25, 0.3) is 0 Å². The Morgan fingerprint density at radius 2 is 2.50 bits per heavy atom. The fourth-order valence-electron chi connectivity index (χ4n) is 1.40. The van der Waals surface area contributed by atoms with E-state index < -0.39 is 0 Å². The third-order valence-electron chi connectivity index (χ3n) is 2.03. The van der Waals surface area contributed by atoms with Crippen molar-refractivity contribution in [2.24, 2.45) is 5.73 Å². The molecular formula is C8H16N2OS. The summed E-state index contributed by atoms with van der Waals surface area (Å²) in [5, 5.41) is 0. The molecular weight excluding hydrogens is 172 g/mol. The van der Waals surface area contributed by atoms with Gasteiger partial charge in [0, 0.05) is 18.8 Å². The van der Waals surface area contributed by atoms with Crippen molar-refractivity contribution < 1.29 is 4.79 Å². The van der Waals surface area contributed by atoms with Gasteiger partial charge in [0.15, 0.2) is 0 Å². The first-order valence-corrected chi connectivity index (χ1v) is 5.52. The van der Waals surface area contributed by atoms with Crippen molar-refractivity contribution in [2.75, 3.05) is 24.6 Å². The molecule has 0 saturated carbocycles. The Morgan fingerprint density at radius 3 is 3.08 bits per heavy atom. The molecule has 1 fully saturated rings. The molecule has 1 unspecified atom stereocenters. The average molecular weight is 188 g/mol. The first-order chi connectivity index (χ1) is 5.79. The summed E-state index contributed by atoms with van der Waals surface area (Å²) in [6.07, 6.45) is 1.02. The Balaban J connectivity index is 2.53. The number of hydrogen-bond donors (Lipinski definition) is 1. The van der Waals surface area contributed by atoms with Crippen LogP contribution < -0.4 is 5.73 Å². The highest BCUT2D eigenvalue weighted by atomic mass is 32.2. The second-order valence-corrected chi connectivity index (χ2v) is 4.02. The summed E-state index contributed by atoms with van der Waals surface area (Å²) in [7, 11) is 0. The van der Waals surface area contributed by atoms with Crippen LogP contribution in [0.15, 0.2) is 0 Å². The predicted octanol–water partition coefficient (Wildman–Crippen LogP) is 0.299. The highest BCUT2D eigenvalue weighted by molar-refractivity contribution is 8.00. The molecule has 1 atom stereocenters. The molecule has 0 aromatic rings. The highest BCUT2D eigenvalue weighted by Crippen LogP contribution is 2.16. The van der Waals surface area contributed by atoms with Crippen molar-refractivity contribution >= 4 is 17.7 Å². The van der Waals surface area contributed by atoms with Crippen LogP contribution in [-0.2, 0) is 4.79 Å². The molecule has 0 aliphatic carbocycles. The molecule has 0 aromatic heterocycles. The summed E-state index contributed by atoms with van der Waals surface area (Å²) >= 11 is 1.69. The number of nitrogens with two attached hydrogens (primary N) is 1. The summed E-state index contributed by atoms with van der Waals surface area (Å²) in [5.74, 6) is 1.89. The highest BCUT2D eigenvalue weighted by Gasteiger charge is 2.26. The molecule has 1 heterocycles. The van der Waals surface area contributed by atoms with Crippen LogP contribution in [0.5, 0.6) is 0 Å². The summed E-state index contributed by atoms with van der Waals surface area (Å²) < 4.78 is 0. The van der Waals surface area contributed by atoms with Gasteiger partial charge in [0.25, 0.3) is 0 Å². The van der Waals surface area contributed by atoms with E-state index >= 15 is 0 Å². The Hall–Kier alpha value is -0.220. The maximum Gasteiger partial charge on any atom is 0.232 e. The number of nitrogens with zero attached hydrogens (tertiary/aromatic N) is 1. The van der Waals surface area contributed by atoms with Gasteiger partial charge in [-0.05, 0) is 6.42 Å². The molecule has 1 aliphatic rings. The zero-order valence-electron chi connectivity index (χ0n) is 7.45. The largest absolute Gasteiger partial charge is 0.337 e. The average Bonchev–Trinajstić information content (AvgIpc) is 2.09. The molecule has 0 bridgehead atoms. The van der Waals surface area contributed by atoms with Gasteiger partial charge in [-0.15, -0.1) is 11.8 Å². The van der Waals surface area contributed by atoms with Gasteiger partial charge in [0.1, 0.15) is 0 Å². The molecule has 1 aliphatic heterocycles. The molecule has 0 aromatic carbocycles. The molecule has 0 spiro atoms. The predicted molar refractivity (Wildman–Crippen MR) is 52.2 cm³/mol. The number of rotatable bonds is 3. The monoisotopic (exact) mass is 188 g/mol. The van der Waals surface area contributed by atoms with Crippen molar-refractivity contribution in [3.8, 4) is 0 Å².